The Bertz CT molecular complexity index is 475. The zero-order valence-corrected chi connectivity index (χ0v) is 11.3. The molecule has 1 rings (SSSR count). The number of hydrogen-bond acceptors (Lipinski definition) is 3. The van der Waals surface area contributed by atoms with Crippen LogP contribution in [-0.4, -0.2) is 18.6 Å². The lowest BCUT2D eigenvalue weighted by Gasteiger charge is -2.18. The van der Waals surface area contributed by atoms with Crippen LogP contribution in [0.3, 0.4) is 0 Å². The predicted octanol–water partition coefficient (Wildman–Crippen LogP) is 2.07. The minimum Gasteiger partial charge on any atom is -0.480 e. The van der Waals surface area contributed by atoms with Crippen molar-refractivity contribution in [2.24, 2.45) is 5.73 Å². The van der Waals surface area contributed by atoms with Crippen LogP contribution in [0, 0.1) is 0 Å². The molecule has 0 fully saturated rings. The van der Waals surface area contributed by atoms with Gasteiger partial charge in [-0.1, -0.05) is 6.07 Å². The normalized spacial score (nSPS) is 12.9. The number of carbonyl (C=O) groups is 1. The molecule has 1 aromatic carbocycles. The van der Waals surface area contributed by atoms with E-state index < -0.39 is 23.8 Å². The van der Waals surface area contributed by atoms with Crippen molar-refractivity contribution >= 4 is 5.91 Å². The van der Waals surface area contributed by atoms with Crippen LogP contribution in [0.2, 0.25) is 0 Å². The van der Waals surface area contributed by atoms with Crippen LogP contribution < -0.4 is 15.8 Å². The lowest BCUT2D eigenvalue weighted by molar-refractivity contribution is -0.140. The van der Waals surface area contributed by atoms with Crippen molar-refractivity contribution in [3.63, 3.8) is 0 Å². The molecule has 0 heterocycles. The van der Waals surface area contributed by atoms with E-state index in [0.29, 0.717) is 12.1 Å². The van der Waals surface area contributed by atoms with E-state index in [2.05, 4.69) is 5.32 Å². The Kier molecular flexibility index (Phi) is 5.38. The van der Waals surface area contributed by atoms with Gasteiger partial charge in [0.2, 0.25) is 0 Å². The molecule has 0 aliphatic rings. The summed E-state index contributed by atoms with van der Waals surface area (Å²) in [6.07, 6.45) is -5.58. The van der Waals surface area contributed by atoms with Gasteiger partial charge in [0.1, 0.15) is 5.75 Å². The Balaban J connectivity index is 3.03. The first-order valence-corrected chi connectivity index (χ1v) is 6.14. The van der Waals surface area contributed by atoms with E-state index in [4.69, 9.17) is 10.5 Å². The van der Waals surface area contributed by atoms with Gasteiger partial charge in [-0.05, 0) is 31.5 Å². The van der Waals surface area contributed by atoms with Crippen LogP contribution in [-0.2, 0) is 17.5 Å². The molecule has 0 aromatic heterocycles. The Hall–Kier alpha value is -1.76. The summed E-state index contributed by atoms with van der Waals surface area (Å²) >= 11 is 0. The number of benzene rings is 1. The number of alkyl halides is 3. The van der Waals surface area contributed by atoms with E-state index in [1.54, 1.807) is 6.92 Å². The molecule has 0 radical (unpaired) electrons. The second kappa shape index (κ2) is 6.60. The number of nitrogens with one attached hydrogen (secondary N) is 1. The number of halogens is 3. The second-order valence-corrected chi connectivity index (χ2v) is 4.19. The van der Waals surface area contributed by atoms with E-state index >= 15 is 0 Å². The summed E-state index contributed by atoms with van der Waals surface area (Å²) in [5, 5.41) is 2.48. The predicted molar refractivity (Wildman–Crippen MR) is 68.1 cm³/mol. The highest BCUT2D eigenvalue weighted by Gasteiger charge is 2.35. The smallest absolute Gasteiger partial charge is 0.419 e. The SMILES string of the molecule is CCNC(=O)C(C)Oc1ccc(CN)cc1C(F)(F)F. The summed E-state index contributed by atoms with van der Waals surface area (Å²) in [5.74, 6) is -0.850. The fraction of sp³-hybridized carbons (Fsp3) is 0.462. The second-order valence-electron chi connectivity index (χ2n) is 4.19. The summed E-state index contributed by atoms with van der Waals surface area (Å²) in [6, 6.07) is 3.55. The number of hydrogen-bond donors (Lipinski definition) is 2. The number of carbonyl (C=O) groups excluding carboxylic acids is 1. The Labute approximate surface area is 115 Å². The zero-order valence-electron chi connectivity index (χ0n) is 11.3. The monoisotopic (exact) mass is 290 g/mol. The molecule has 20 heavy (non-hydrogen) atoms. The molecule has 1 unspecified atom stereocenters. The van der Waals surface area contributed by atoms with Crippen molar-refractivity contribution in [2.75, 3.05) is 6.54 Å². The molecule has 7 heteroatoms. The van der Waals surface area contributed by atoms with Gasteiger partial charge in [0.05, 0.1) is 5.56 Å². The fourth-order valence-electron chi connectivity index (χ4n) is 1.59. The first-order valence-electron chi connectivity index (χ1n) is 6.14. The van der Waals surface area contributed by atoms with Crippen LogP contribution in [0.5, 0.6) is 5.75 Å². The van der Waals surface area contributed by atoms with Gasteiger partial charge in [0, 0.05) is 13.1 Å². The Morgan fingerprint density at radius 2 is 2.10 bits per heavy atom. The maximum absolute atomic E-state index is 12.9. The number of rotatable bonds is 5. The molecule has 0 saturated heterocycles. The standard InChI is InChI=1S/C13H17F3N2O2/c1-3-18-12(19)8(2)20-11-5-4-9(7-17)6-10(11)13(14,15)16/h4-6,8H,3,7,17H2,1-2H3,(H,18,19). The molecule has 1 aromatic rings. The minimum absolute atomic E-state index is 0.00473. The molecule has 0 aliphatic heterocycles. The van der Waals surface area contributed by atoms with Crippen LogP contribution in [0.1, 0.15) is 25.0 Å². The largest absolute Gasteiger partial charge is 0.480 e. The van der Waals surface area contributed by atoms with Gasteiger partial charge in [-0.2, -0.15) is 13.2 Å². The number of nitrogens with two attached hydrogens (primary N) is 1. The molecule has 0 bridgehead atoms. The van der Waals surface area contributed by atoms with Gasteiger partial charge in [0.25, 0.3) is 5.91 Å². The lowest BCUT2D eigenvalue weighted by atomic mass is 10.1. The number of ether oxygens (including phenoxy) is 1. The van der Waals surface area contributed by atoms with Gasteiger partial charge >= 0.3 is 6.18 Å². The molecule has 0 aliphatic carbocycles. The number of amides is 1. The summed E-state index contributed by atoms with van der Waals surface area (Å²) in [6.45, 7) is 3.48. The minimum atomic E-state index is -4.57. The van der Waals surface area contributed by atoms with Crippen molar-refractivity contribution in [2.45, 2.75) is 32.7 Å². The van der Waals surface area contributed by atoms with E-state index in [-0.39, 0.29) is 12.3 Å². The third-order valence-electron chi connectivity index (χ3n) is 2.61. The highest BCUT2D eigenvalue weighted by atomic mass is 19.4. The van der Waals surface area contributed by atoms with Crippen LogP contribution in [0.25, 0.3) is 0 Å². The summed E-state index contributed by atoms with van der Waals surface area (Å²) in [7, 11) is 0. The molecule has 1 amide bonds. The fourth-order valence-corrected chi connectivity index (χ4v) is 1.59. The molecular weight excluding hydrogens is 273 g/mol. The van der Waals surface area contributed by atoms with Crippen molar-refractivity contribution in [1.29, 1.82) is 0 Å². The summed E-state index contributed by atoms with van der Waals surface area (Å²) < 4.78 is 43.9. The molecule has 0 spiro atoms. The molecule has 112 valence electrons. The maximum Gasteiger partial charge on any atom is 0.419 e. The van der Waals surface area contributed by atoms with Crippen LogP contribution in [0.4, 0.5) is 13.2 Å². The van der Waals surface area contributed by atoms with Crippen molar-refractivity contribution in [1.82, 2.24) is 5.32 Å². The van der Waals surface area contributed by atoms with E-state index in [1.807, 2.05) is 0 Å². The zero-order chi connectivity index (χ0) is 15.3. The summed E-state index contributed by atoms with van der Waals surface area (Å²) in [5.41, 5.74) is 4.74. The lowest BCUT2D eigenvalue weighted by Crippen LogP contribution is -2.36. The Morgan fingerprint density at radius 3 is 2.60 bits per heavy atom. The van der Waals surface area contributed by atoms with Gasteiger partial charge < -0.3 is 15.8 Å². The highest BCUT2D eigenvalue weighted by molar-refractivity contribution is 5.80. The highest BCUT2D eigenvalue weighted by Crippen LogP contribution is 2.37. The van der Waals surface area contributed by atoms with Crippen molar-refractivity contribution < 1.29 is 22.7 Å². The van der Waals surface area contributed by atoms with E-state index in [0.717, 1.165) is 6.07 Å². The third kappa shape index (κ3) is 4.12. The third-order valence-corrected chi connectivity index (χ3v) is 2.61. The van der Waals surface area contributed by atoms with Crippen molar-refractivity contribution in [3.8, 4) is 5.75 Å². The quantitative estimate of drug-likeness (QED) is 0.872. The molecule has 4 nitrogen and oxygen atoms in total. The van der Waals surface area contributed by atoms with Gasteiger partial charge in [0.15, 0.2) is 6.10 Å². The van der Waals surface area contributed by atoms with Gasteiger partial charge in [-0.3, -0.25) is 4.79 Å². The maximum atomic E-state index is 12.9. The average Bonchev–Trinajstić information content (AvgIpc) is 2.38. The topological polar surface area (TPSA) is 64.3 Å². The average molecular weight is 290 g/mol. The van der Waals surface area contributed by atoms with Crippen LogP contribution >= 0.6 is 0 Å². The van der Waals surface area contributed by atoms with Gasteiger partial charge in [-0.15, -0.1) is 0 Å². The Morgan fingerprint density at radius 1 is 1.45 bits per heavy atom. The molecule has 0 saturated carbocycles. The van der Waals surface area contributed by atoms with Gasteiger partial charge in [-0.25, -0.2) is 0 Å². The van der Waals surface area contributed by atoms with E-state index in [9.17, 15) is 18.0 Å². The first kappa shape index (κ1) is 16.3. The van der Waals surface area contributed by atoms with Crippen molar-refractivity contribution in [3.05, 3.63) is 29.3 Å². The number of likely N-dealkylation sites (N-methyl/N-ethyl adjacent to an activating group) is 1. The molecular formula is C13H17F3N2O2. The first-order chi connectivity index (χ1) is 9.29. The van der Waals surface area contributed by atoms with Crippen LogP contribution in [0.15, 0.2) is 18.2 Å². The summed E-state index contributed by atoms with van der Waals surface area (Å²) in [4.78, 5) is 11.5. The molecule has 1 atom stereocenters. The van der Waals surface area contributed by atoms with E-state index in [1.165, 1.54) is 19.1 Å². The molecule has 3 N–H and O–H groups in total.